The summed E-state index contributed by atoms with van der Waals surface area (Å²) in [6, 6.07) is 3.12. The predicted molar refractivity (Wildman–Crippen MR) is 112 cm³/mol. The van der Waals surface area contributed by atoms with Crippen LogP contribution in [0.1, 0.15) is 41.5 Å². The van der Waals surface area contributed by atoms with Crippen molar-refractivity contribution in [2.75, 3.05) is 13.1 Å². The maximum atomic E-state index is 13.4. The van der Waals surface area contributed by atoms with Crippen LogP contribution in [0.25, 0.3) is 0 Å². The Bertz CT molecular complexity index is 974. The third-order valence-corrected chi connectivity index (χ3v) is 7.59. The van der Waals surface area contributed by atoms with Gasteiger partial charge in [0.05, 0.1) is 11.1 Å². The number of benzene rings is 1. The van der Waals surface area contributed by atoms with Crippen LogP contribution < -0.4 is 5.32 Å². The molecule has 0 radical (unpaired) electrons. The zero-order valence-electron chi connectivity index (χ0n) is 17.6. The highest BCUT2D eigenvalue weighted by Gasteiger charge is 2.40. The van der Waals surface area contributed by atoms with Crippen LogP contribution in [-0.2, 0) is 28.3 Å². The number of aryl methyl sites for hydroxylation is 5. The van der Waals surface area contributed by atoms with Crippen LogP contribution in [0, 0.1) is 20.8 Å². The highest BCUT2D eigenvalue weighted by molar-refractivity contribution is 7.89. The summed E-state index contributed by atoms with van der Waals surface area (Å²) in [5, 5.41) is 7.06. The number of amides is 1. The van der Waals surface area contributed by atoms with Crippen molar-refractivity contribution in [2.24, 2.45) is 7.05 Å². The smallest absolute Gasteiger partial charge is 0.244 e. The maximum absolute atomic E-state index is 13.4. The molecule has 3 rings (SSSR count). The Balaban J connectivity index is 1.66. The summed E-state index contributed by atoms with van der Waals surface area (Å²) in [5.74, 6) is -0.209. The molecule has 2 heterocycles. The van der Waals surface area contributed by atoms with E-state index in [1.807, 2.05) is 52.3 Å². The normalized spacial score (nSPS) is 17.6. The molecule has 1 N–H and O–H groups in total. The molecule has 1 unspecified atom stereocenters. The lowest BCUT2D eigenvalue weighted by Crippen LogP contribution is -2.46. The molecule has 1 aromatic heterocycles. The molecule has 2 aromatic rings. The largest absolute Gasteiger partial charge is 0.355 e. The fraction of sp³-hybridized carbons (Fsp3) is 0.524. The second-order valence-electron chi connectivity index (χ2n) is 7.92. The van der Waals surface area contributed by atoms with Gasteiger partial charge in [0.15, 0.2) is 0 Å². The molecule has 1 aliphatic rings. The third kappa shape index (κ3) is 4.70. The first kappa shape index (κ1) is 21.5. The first-order valence-electron chi connectivity index (χ1n) is 10.0. The van der Waals surface area contributed by atoms with Gasteiger partial charge in [-0.25, -0.2) is 8.42 Å². The number of aromatic nitrogens is 2. The molecule has 1 fully saturated rings. The molecule has 1 saturated heterocycles. The highest BCUT2D eigenvalue weighted by Crippen LogP contribution is 2.30. The quantitative estimate of drug-likeness (QED) is 0.699. The first-order valence-corrected chi connectivity index (χ1v) is 11.5. The standard InChI is InChI=1S/C21H30N4O3S/c1-15-11-16(2)20(17(3)12-15)29(27,28)25-10-6-8-19(25)21(26)22-9-5-7-18-13-23-24(4)14-18/h11-14,19H,5-10H2,1-4H3,(H,22,26). The summed E-state index contributed by atoms with van der Waals surface area (Å²) < 4.78 is 29.8. The predicted octanol–water partition coefficient (Wildman–Crippen LogP) is 2.25. The molecule has 7 nitrogen and oxygen atoms in total. The van der Waals surface area contributed by atoms with Crippen LogP contribution in [0.15, 0.2) is 29.4 Å². The topological polar surface area (TPSA) is 84.3 Å². The fourth-order valence-electron chi connectivity index (χ4n) is 4.20. The lowest BCUT2D eigenvalue weighted by Gasteiger charge is -2.25. The maximum Gasteiger partial charge on any atom is 0.244 e. The molecule has 158 valence electrons. The Labute approximate surface area is 173 Å². The molecule has 1 amide bonds. The highest BCUT2D eigenvalue weighted by atomic mass is 32.2. The zero-order chi connectivity index (χ0) is 21.2. The molecule has 0 saturated carbocycles. The first-order chi connectivity index (χ1) is 13.7. The van der Waals surface area contributed by atoms with Crippen LogP contribution >= 0.6 is 0 Å². The summed E-state index contributed by atoms with van der Waals surface area (Å²) in [7, 11) is -1.85. The average Bonchev–Trinajstić information content (AvgIpc) is 3.26. The average molecular weight is 419 g/mol. The number of hydrogen-bond acceptors (Lipinski definition) is 4. The molecule has 0 bridgehead atoms. The minimum Gasteiger partial charge on any atom is -0.355 e. The van der Waals surface area contributed by atoms with E-state index in [1.165, 1.54) is 4.31 Å². The van der Waals surface area contributed by atoms with Gasteiger partial charge in [-0.05, 0) is 63.1 Å². The Morgan fingerprint density at radius 2 is 1.93 bits per heavy atom. The SMILES string of the molecule is Cc1cc(C)c(S(=O)(=O)N2CCCC2C(=O)NCCCc2cnn(C)c2)c(C)c1. The van der Waals surface area contributed by atoms with Crippen LogP contribution in [0.4, 0.5) is 0 Å². The van der Waals surface area contributed by atoms with Crippen LogP contribution in [0.5, 0.6) is 0 Å². The van der Waals surface area contributed by atoms with Crippen molar-refractivity contribution < 1.29 is 13.2 Å². The Hall–Kier alpha value is -2.19. The van der Waals surface area contributed by atoms with Crippen molar-refractivity contribution in [3.63, 3.8) is 0 Å². The van der Waals surface area contributed by atoms with Gasteiger partial charge < -0.3 is 5.32 Å². The molecule has 0 aliphatic carbocycles. The number of hydrogen-bond donors (Lipinski definition) is 1. The Morgan fingerprint density at radius 1 is 1.24 bits per heavy atom. The number of sulfonamides is 1. The second-order valence-corrected chi connectivity index (χ2v) is 9.75. The van der Waals surface area contributed by atoms with Crippen LogP contribution in [0.3, 0.4) is 0 Å². The lowest BCUT2D eigenvalue weighted by atomic mass is 10.1. The molecular formula is C21H30N4O3S. The Morgan fingerprint density at radius 3 is 2.55 bits per heavy atom. The van der Waals surface area contributed by atoms with Crippen LogP contribution in [0.2, 0.25) is 0 Å². The van der Waals surface area contributed by atoms with Gasteiger partial charge in [0.25, 0.3) is 0 Å². The van der Waals surface area contributed by atoms with Gasteiger partial charge in [0.1, 0.15) is 6.04 Å². The summed E-state index contributed by atoms with van der Waals surface area (Å²) in [6.45, 7) is 6.48. The number of carbonyl (C=O) groups excluding carboxylic acids is 1. The number of rotatable bonds is 7. The molecule has 1 aliphatic heterocycles. The van der Waals surface area contributed by atoms with E-state index in [9.17, 15) is 13.2 Å². The van der Waals surface area contributed by atoms with E-state index in [2.05, 4.69) is 10.4 Å². The summed E-state index contributed by atoms with van der Waals surface area (Å²) in [4.78, 5) is 13.1. The second kappa shape index (κ2) is 8.67. The molecule has 29 heavy (non-hydrogen) atoms. The lowest BCUT2D eigenvalue weighted by molar-refractivity contribution is -0.124. The molecule has 8 heteroatoms. The minimum absolute atomic E-state index is 0.209. The van der Waals surface area contributed by atoms with E-state index in [-0.39, 0.29) is 5.91 Å². The molecule has 0 spiro atoms. The van der Waals surface area contributed by atoms with E-state index >= 15 is 0 Å². The van der Waals surface area contributed by atoms with Gasteiger partial charge in [-0.1, -0.05) is 17.7 Å². The monoisotopic (exact) mass is 418 g/mol. The van der Waals surface area contributed by atoms with Gasteiger partial charge >= 0.3 is 0 Å². The van der Waals surface area contributed by atoms with Gasteiger partial charge in [0.2, 0.25) is 15.9 Å². The van der Waals surface area contributed by atoms with E-state index in [0.717, 1.165) is 35.1 Å². The van der Waals surface area contributed by atoms with Gasteiger partial charge in [-0.15, -0.1) is 0 Å². The molecule has 1 aromatic carbocycles. The van der Waals surface area contributed by atoms with E-state index in [0.29, 0.717) is 30.8 Å². The van der Waals surface area contributed by atoms with Crippen LogP contribution in [-0.4, -0.2) is 47.5 Å². The van der Waals surface area contributed by atoms with Crippen molar-refractivity contribution in [1.82, 2.24) is 19.4 Å². The zero-order valence-corrected chi connectivity index (χ0v) is 18.4. The minimum atomic E-state index is -3.72. The summed E-state index contributed by atoms with van der Waals surface area (Å²) in [6.07, 6.45) is 6.63. The van der Waals surface area contributed by atoms with Crippen molar-refractivity contribution >= 4 is 15.9 Å². The van der Waals surface area contributed by atoms with E-state index in [4.69, 9.17) is 0 Å². The van der Waals surface area contributed by atoms with Crippen molar-refractivity contribution in [3.05, 3.63) is 46.8 Å². The Kier molecular flexibility index (Phi) is 6.43. The van der Waals surface area contributed by atoms with Gasteiger partial charge in [0, 0.05) is 26.3 Å². The van der Waals surface area contributed by atoms with Crippen molar-refractivity contribution in [3.8, 4) is 0 Å². The third-order valence-electron chi connectivity index (χ3n) is 5.38. The summed E-state index contributed by atoms with van der Waals surface area (Å²) in [5.41, 5.74) is 3.61. The van der Waals surface area contributed by atoms with Crippen molar-refractivity contribution in [2.45, 2.75) is 57.4 Å². The van der Waals surface area contributed by atoms with E-state index < -0.39 is 16.1 Å². The number of nitrogens with zero attached hydrogens (tertiary/aromatic N) is 3. The fourth-order valence-corrected chi connectivity index (χ4v) is 6.28. The molecular weight excluding hydrogens is 388 g/mol. The van der Waals surface area contributed by atoms with E-state index in [1.54, 1.807) is 4.68 Å². The summed E-state index contributed by atoms with van der Waals surface area (Å²) >= 11 is 0. The van der Waals surface area contributed by atoms with Gasteiger partial charge in [-0.3, -0.25) is 9.48 Å². The molecule has 1 atom stereocenters. The van der Waals surface area contributed by atoms with Gasteiger partial charge in [-0.2, -0.15) is 9.40 Å². The number of carbonyl (C=O) groups is 1. The number of nitrogens with one attached hydrogen (secondary N) is 1. The van der Waals surface area contributed by atoms with Crippen molar-refractivity contribution in [1.29, 1.82) is 0 Å².